The molecule has 3 atom stereocenters. The van der Waals surface area contributed by atoms with Gasteiger partial charge >= 0.3 is 12.1 Å². The smallest absolute Gasteiger partial charge is 0.416 e. The topological polar surface area (TPSA) is 62.7 Å². The fourth-order valence-corrected chi connectivity index (χ4v) is 5.85. The lowest BCUT2D eigenvalue weighted by atomic mass is 9.79. The highest BCUT2D eigenvalue weighted by Crippen LogP contribution is 2.37. The number of aromatic nitrogens is 1. The van der Waals surface area contributed by atoms with E-state index in [1.165, 1.54) is 12.1 Å². The van der Waals surface area contributed by atoms with Gasteiger partial charge in [-0.3, -0.25) is 9.78 Å². The molecule has 216 valence electrons. The zero-order valence-electron chi connectivity index (χ0n) is 22.7. The van der Waals surface area contributed by atoms with E-state index in [0.29, 0.717) is 61.0 Å². The minimum atomic E-state index is -4.36. The molecule has 3 aromatic rings. The lowest BCUT2D eigenvalue weighted by molar-refractivity contribution is -0.138. The first-order chi connectivity index (χ1) is 19.1. The van der Waals surface area contributed by atoms with Crippen LogP contribution in [0.2, 0.25) is 0 Å². The number of aliphatic carboxylic acids is 1. The van der Waals surface area contributed by atoms with Crippen molar-refractivity contribution < 1.29 is 32.2 Å². The zero-order valence-corrected chi connectivity index (χ0v) is 22.7. The van der Waals surface area contributed by atoms with E-state index in [1.807, 2.05) is 6.07 Å². The maximum absolute atomic E-state index is 15.6. The molecule has 0 amide bonds. The monoisotopic (exact) mass is 560 g/mol. The van der Waals surface area contributed by atoms with Crippen molar-refractivity contribution in [2.45, 2.75) is 57.3 Å². The number of likely N-dealkylation sites (tertiary alicyclic amines) is 1. The lowest BCUT2D eigenvalue weighted by Crippen LogP contribution is -2.41. The Bertz CT molecular complexity index is 1280. The van der Waals surface area contributed by atoms with Crippen LogP contribution in [0.1, 0.15) is 61.4 Å². The molecular weight excluding hydrogens is 524 g/mol. The number of benzene rings is 2. The molecule has 1 N–H and O–H groups in total. The number of halogens is 4. The van der Waals surface area contributed by atoms with Crippen molar-refractivity contribution >= 4 is 16.9 Å². The van der Waals surface area contributed by atoms with Gasteiger partial charge in [-0.1, -0.05) is 18.2 Å². The van der Waals surface area contributed by atoms with Crippen molar-refractivity contribution in [1.29, 1.82) is 0 Å². The summed E-state index contributed by atoms with van der Waals surface area (Å²) < 4.78 is 59.9. The fourth-order valence-electron chi connectivity index (χ4n) is 5.85. The Morgan fingerprint density at radius 2 is 1.98 bits per heavy atom. The molecule has 1 aliphatic heterocycles. The van der Waals surface area contributed by atoms with E-state index in [4.69, 9.17) is 4.74 Å². The van der Waals surface area contributed by atoms with Crippen LogP contribution in [-0.4, -0.2) is 47.7 Å². The van der Waals surface area contributed by atoms with Crippen LogP contribution >= 0.6 is 0 Å². The number of ether oxygens (including phenoxy) is 1. The quantitative estimate of drug-likeness (QED) is 0.233. The number of fused-ring (bicyclic) bond motifs is 1. The predicted molar refractivity (Wildman–Crippen MR) is 146 cm³/mol. The second-order valence-corrected chi connectivity index (χ2v) is 10.7. The van der Waals surface area contributed by atoms with Crippen molar-refractivity contribution in [3.63, 3.8) is 0 Å². The number of alkyl halides is 4. The third kappa shape index (κ3) is 7.93. The second kappa shape index (κ2) is 13.4. The second-order valence-electron chi connectivity index (χ2n) is 10.7. The maximum atomic E-state index is 15.6. The molecule has 0 saturated carbocycles. The van der Waals surface area contributed by atoms with Crippen molar-refractivity contribution in [1.82, 2.24) is 9.88 Å². The van der Waals surface area contributed by atoms with Gasteiger partial charge in [-0.25, -0.2) is 4.39 Å². The van der Waals surface area contributed by atoms with Crippen molar-refractivity contribution in [2.24, 2.45) is 11.8 Å². The molecule has 2 heterocycles. The van der Waals surface area contributed by atoms with E-state index >= 15 is 4.39 Å². The van der Waals surface area contributed by atoms with Gasteiger partial charge in [-0.15, -0.1) is 0 Å². The van der Waals surface area contributed by atoms with E-state index in [2.05, 4.69) is 9.88 Å². The van der Waals surface area contributed by atoms with Gasteiger partial charge in [0.2, 0.25) is 0 Å². The van der Waals surface area contributed by atoms with Gasteiger partial charge in [0, 0.05) is 24.5 Å². The number of hydrogen-bond acceptors (Lipinski definition) is 4. The average Bonchev–Trinajstić information content (AvgIpc) is 2.94. The van der Waals surface area contributed by atoms with Gasteiger partial charge in [0.15, 0.2) is 0 Å². The number of nitrogens with zero attached hydrogens (tertiary/aromatic N) is 2. The normalized spacial score (nSPS) is 19.0. The summed E-state index contributed by atoms with van der Waals surface area (Å²) in [7, 11) is 1.57. The van der Waals surface area contributed by atoms with Crippen LogP contribution in [0.4, 0.5) is 17.6 Å². The van der Waals surface area contributed by atoms with Crippen molar-refractivity contribution in [3.8, 4) is 5.75 Å². The maximum Gasteiger partial charge on any atom is 0.416 e. The average molecular weight is 561 g/mol. The van der Waals surface area contributed by atoms with Gasteiger partial charge in [0.1, 0.15) is 11.9 Å². The molecule has 0 spiro atoms. The third-order valence-corrected chi connectivity index (χ3v) is 8.01. The number of pyridine rings is 1. The van der Waals surface area contributed by atoms with E-state index in [1.54, 1.807) is 37.6 Å². The SMILES string of the molecule is COc1ccc2nccc(C(F)CC[C@@H]3CCN(CCCc4cccc(C(F)(F)F)c4)C[C@@H]3CCC(=O)O)c2c1. The van der Waals surface area contributed by atoms with Gasteiger partial charge in [0.05, 0.1) is 18.2 Å². The summed E-state index contributed by atoms with van der Waals surface area (Å²) >= 11 is 0. The van der Waals surface area contributed by atoms with E-state index in [9.17, 15) is 23.1 Å². The van der Waals surface area contributed by atoms with Gasteiger partial charge in [0.25, 0.3) is 0 Å². The summed E-state index contributed by atoms with van der Waals surface area (Å²) in [4.78, 5) is 17.9. The van der Waals surface area contributed by atoms with Crippen LogP contribution in [0, 0.1) is 11.8 Å². The molecule has 0 radical (unpaired) electrons. The molecule has 2 aromatic carbocycles. The number of carbonyl (C=O) groups is 1. The molecule has 1 saturated heterocycles. The van der Waals surface area contributed by atoms with Crippen LogP contribution in [0.5, 0.6) is 5.75 Å². The van der Waals surface area contributed by atoms with Gasteiger partial charge in [-0.05, 0) is 105 Å². The molecule has 1 aliphatic rings. The largest absolute Gasteiger partial charge is 0.497 e. The summed E-state index contributed by atoms with van der Waals surface area (Å²) in [5.74, 6) is 0.129. The Balaban J connectivity index is 1.34. The highest BCUT2D eigenvalue weighted by molar-refractivity contribution is 5.83. The minimum absolute atomic E-state index is 0.0626. The predicted octanol–water partition coefficient (Wildman–Crippen LogP) is 7.49. The zero-order chi connectivity index (χ0) is 28.7. The number of piperidine rings is 1. The minimum Gasteiger partial charge on any atom is -0.497 e. The molecule has 1 unspecified atom stereocenters. The Labute approximate surface area is 232 Å². The van der Waals surface area contributed by atoms with Crippen LogP contribution in [-0.2, 0) is 17.4 Å². The Morgan fingerprint density at radius 1 is 1.15 bits per heavy atom. The van der Waals surface area contributed by atoms with Crippen molar-refractivity contribution in [3.05, 3.63) is 71.4 Å². The summed E-state index contributed by atoms with van der Waals surface area (Å²) in [5.41, 5.74) is 1.31. The molecule has 4 rings (SSSR count). The summed E-state index contributed by atoms with van der Waals surface area (Å²) in [6, 6.07) is 12.6. The summed E-state index contributed by atoms with van der Waals surface area (Å²) in [6.07, 6.45) is -0.258. The number of carboxylic acids is 1. The van der Waals surface area contributed by atoms with E-state index in [0.717, 1.165) is 31.0 Å². The molecule has 0 aliphatic carbocycles. The molecule has 1 fully saturated rings. The number of carboxylic acid groups (broad SMARTS) is 1. The number of rotatable bonds is 12. The molecule has 40 heavy (non-hydrogen) atoms. The van der Waals surface area contributed by atoms with Crippen LogP contribution < -0.4 is 4.74 Å². The first kappa shape index (κ1) is 29.8. The highest BCUT2D eigenvalue weighted by Gasteiger charge is 2.31. The summed E-state index contributed by atoms with van der Waals surface area (Å²) in [5, 5.41) is 10.0. The van der Waals surface area contributed by atoms with E-state index in [-0.39, 0.29) is 18.3 Å². The molecule has 5 nitrogen and oxygen atoms in total. The Morgan fingerprint density at radius 3 is 2.73 bits per heavy atom. The highest BCUT2D eigenvalue weighted by atomic mass is 19.4. The van der Waals surface area contributed by atoms with E-state index < -0.39 is 23.9 Å². The Kier molecular flexibility index (Phi) is 10.0. The number of methoxy groups -OCH3 is 1. The van der Waals surface area contributed by atoms with Crippen LogP contribution in [0.3, 0.4) is 0 Å². The van der Waals surface area contributed by atoms with Gasteiger partial charge < -0.3 is 14.7 Å². The summed E-state index contributed by atoms with van der Waals surface area (Å²) in [6.45, 7) is 2.25. The molecular formula is C31H36F4N2O3. The lowest BCUT2D eigenvalue weighted by Gasteiger charge is -2.39. The first-order valence-corrected chi connectivity index (χ1v) is 13.8. The fraction of sp³-hybridized carbons (Fsp3) is 0.484. The standard InChI is InChI=1S/C31H36F4N2O3/c1-40-25-9-11-29-27(19-25)26(13-15-36-29)28(32)10-7-22-14-17-37(20-23(22)8-12-30(38)39)16-3-5-21-4-2-6-24(18-21)31(33,34)35/h2,4,6,9,11,13,15,18-19,22-23,28H,3,5,7-8,10,12,14,16-17,20H2,1H3,(H,38,39)/t22-,23+,28?/m1/s1. The molecule has 1 aromatic heterocycles. The molecule has 9 heteroatoms. The van der Waals surface area contributed by atoms with Crippen molar-refractivity contribution in [2.75, 3.05) is 26.7 Å². The van der Waals surface area contributed by atoms with Crippen LogP contribution in [0.25, 0.3) is 10.9 Å². The molecule has 0 bridgehead atoms. The third-order valence-electron chi connectivity index (χ3n) is 8.01. The number of hydrogen-bond donors (Lipinski definition) is 1. The van der Waals surface area contributed by atoms with Crippen LogP contribution in [0.15, 0.2) is 54.7 Å². The number of aryl methyl sites for hydroxylation is 1. The Hall–Kier alpha value is -3.20. The first-order valence-electron chi connectivity index (χ1n) is 13.8. The van der Waals surface area contributed by atoms with Gasteiger partial charge in [-0.2, -0.15) is 13.2 Å².